The fraction of sp³-hybridized carbons (Fsp3) is 0.476. The quantitative estimate of drug-likeness (QED) is 0.675. The van der Waals surface area contributed by atoms with Gasteiger partial charge in [0, 0.05) is 38.4 Å². The Morgan fingerprint density at radius 2 is 1.89 bits per heavy atom. The normalized spacial score (nSPS) is 18.1. The Hall–Kier alpha value is -2.47. The zero-order valence-corrected chi connectivity index (χ0v) is 16.3. The van der Waals surface area contributed by atoms with E-state index in [2.05, 4.69) is 63.0 Å². The van der Waals surface area contributed by atoms with E-state index in [0.29, 0.717) is 12.5 Å². The molecular weight excluding hydrogens is 336 g/mol. The number of nitrogens with zero attached hydrogens (tertiary/aromatic N) is 6. The average molecular weight is 364 g/mol. The minimum Gasteiger partial charge on any atom is -0.316 e. The van der Waals surface area contributed by atoms with Crippen LogP contribution >= 0.6 is 0 Å². The van der Waals surface area contributed by atoms with E-state index in [0.717, 1.165) is 37.7 Å². The summed E-state index contributed by atoms with van der Waals surface area (Å²) in [5.41, 5.74) is 2.80. The van der Waals surface area contributed by atoms with Crippen molar-refractivity contribution in [3.63, 3.8) is 0 Å². The van der Waals surface area contributed by atoms with Gasteiger partial charge in [0.1, 0.15) is 12.4 Å². The summed E-state index contributed by atoms with van der Waals surface area (Å²) in [5.74, 6) is 2.50. The molecule has 1 aliphatic rings. The van der Waals surface area contributed by atoms with Gasteiger partial charge < -0.3 is 4.57 Å². The molecule has 2 aromatic heterocycles. The second-order valence-electron chi connectivity index (χ2n) is 7.48. The van der Waals surface area contributed by atoms with Crippen molar-refractivity contribution in [3.05, 3.63) is 65.5 Å². The van der Waals surface area contributed by atoms with Crippen LogP contribution < -0.4 is 0 Å². The molecule has 0 amide bonds. The predicted molar refractivity (Wildman–Crippen MR) is 105 cm³/mol. The Morgan fingerprint density at radius 1 is 1.07 bits per heavy atom. The number of rotatable bonds is 6. The van der Waals surface area contributed by atoms with Gasteiger partial charge in [-0.15, -0.1) is 10.2 Å². The van der Waals surface area contributed by atoms with E-state index in [4.69, 9.17) is 0 Å². The Balaban J connectivity index is 1.42. The molecule has 1 fully saturated rings. The lowest BCUT2D eigenvalue weighted by Gasteiger charge is -2.32. The average Bonchev–Trinajstić information content (AvgIpc) is 3.33. The summed E-state index contributed by atoms with van der Waals surface area (Å²) >= 11 is 0. The highest BCUT2D eigenvalue weighted by Crippen LogP contribution is 2.27. The van der Waals surface area contributed by atoms with Crippen molar-refractivity contribution in [1.82, 2.24) is 29.4 Å². The third-order valence-electron chi connectivity index (χ3n) is 5.57. The standard InChI is InChI=1S/C21H28N6/c1-3-17-7-9-18(10-8-17)14-26-12-4-6-19(15-26)21-24-23-20(25(21)2)16-27-13-5-11-22-27/h5,7-11,13,19H,3-4,6,12,14-16H2,1-2H3. The van der Waals surface area contributed by atoms with Crippen LogP contribution in [-0.4, -0.2) is 42.5 Å². The van der Waals surface area contributed by atoms with Crippen molar-refractivity contribution in [2.75, 3.05) is 13.1 Å². The number of piperidine rings is 1. The van der Waals surface area contributed by atoms with Crippen LogP contribution in [-0.2, 0) is 26.6 Å². The smallest absolute Gasteiger partial charge is 0.154 e. The van der Waals surface area contributed by atoms with Gasteiger partial charge in [0.05, 0.1) is 0 Å². The van der Waals surface area contributed by atoms with E-state index < -0.39 is 0 Å². The molecule has 1 unspecified atom stereocenters. The van der Waals surface area contributed by atoms with Crippen molar-refractivity contribution < 1.29 is 0 Å². The molecule has 1 saturated heterocycles. The summed E-state index contributed by atoms with van der Waals surface area (Å²) in [6, 6.07) is 11.0. The van der Waals surface area contributed by atoms with Crippen molar-refractivity contribution in [1.29, 1.82) is 0 Å². The topological polar surface area (TPSA) is 51.8 Å². The van der Waals surface area contributed by atoms with E-state index in [1.165, 1.54) is 24.0 Å². The third kappa shape index (κ3) is 4.11. The van der Waals surface area contributed by atoms with Gasteiger partial charge in [0.2, 0.25) is 0 Å². The van der Waals surface area contributed by atoms with Gasteiger partial charge >= 0.3 is 0 Å². The molecule has 0 saturated carbocycles. The molecular formula is C21H28N6. The molecule has 27 heavy (non-hydrogen) atoms. The van der Waals surface area contributed by atoms with E-state index in [9.17, 15) is 0 Å². The Kier molecular flexibility index (Phi) is 5.34. The Morgan fingerprint density at radius 3 is 2.63 bits per heavy atom. The molecule has 3 aromatic rings. The monoisotopic (exact) mass is 364 g/mol. The van der Waals surface area contributed by atoms with Crippen LogP contribution in [0, 0.1) is 0 Å². The summed E-state index contributed by atoms with van der Waals surface area (Å²) in [6.07, 6.45) is 7.24. The molecule has 0 aliphatic carbocycles. The van der Waals surface area contributed by atoms with Crippen LogP contribution in [0.25, 0.3) is 0 Å². The van der Waals surface area contributed by atoms with Gasteiger partial charge in [0.25, 0.3) is 0 Å². The van der Waals surface area contributed by atoms with Crippen molar-refractivity contribution >= 4 is 0 Å². The minimum atomic E-state index is 0.442. The number of hydrogen-bond donors (Lipinski definition) is 0. The highest BCUT2D eigenvalue weighted by Gasteiger charge is 2.26. The van der Waals surface area contributed by atoms with E-state index in [1.54, 1.807) is 6.20 Å². The molecule has 1 aliphatic heterocycles. The number of hydrogen-bond acceptors (Lipinski definition) is 4. The van der Waals surface area contributed by atoms with Crippen molar-refractivity contribution in [3.8, 4) is 0 Å². The molecule has 4 rings (SSSR count). The molecule has 3 heterocycles. The number of benzene rings is 1. The third-order valence-corrected chi connectivity index (χ3v) is 5.57. The second kappa shape index (κ2) is 8.05. The van der Waals surface area contributed by atoms with Crippen LogP contribution in [0.2, 0.25) is 0 Å². The highest BCUT2D eigenvalue weighted by molar-refractivity contribution is 5.22. The first-order chi connectivity index (χ1) is 13.2. The number of aryl methyl sites for hydroxylation is 1. The summed E-state index contributed by atoms with van der Waals surface area (Å²) in [4.78, 5) is 2.55. The van der Waals surface area contributed by atoms with E-state index in [-0.39, 0.29) is 0 Å². The van der Waals surface area contributed by atoms with E-state index in [1.807, 2.05) is 16.9 Å². The Labute approximate surface area is 160 Å². The zero-order chi connectivity index (χ0) is 18.6. The number of aromatic nitrogens is 5. The fourth-order valence-electron chi connectivity index (χ4n) is 3.96. The van der Waals surface area contributed by atoms with Gasteiger partial charge in [0.15, 0.2) is 5.82 Å². The first kappa shape index (κ1) is 17.9. The SMILES string of the molecule is CCc1ccc(CN2CCCC(c3nnc(Cn4cccn4)n3C)C2)cc1. The summed E-state index contributed by atoms with van der Waals surface area (Å²) in [6.45, 7) is 6.08. The van der Waals surface area contributed by atoms with Gasteiger partial charge in [-0.1, -0.05) is 31.2 Å². The maximum absolute atomic E-state index is 4.53. The summed E-state index contributed by atoms with van der Waals surface area (Å²) in [7, 11) is 2.08. The van der Waals surface area contributed by atoms with Crippen molar-refractivity contribution in [2.24, 2.45) is 7.05 Å². The second-order valence-corrected chi connectivity index (χ2v) is 7.48. The van der Waals surface area contributed by atoms with Gasteiger partial charge in [-0.2, -0.15) is 5.10 Å². The zero-order valence-electron chi connectivity index (χ0n) is 16.3. The maximum Gasteiger partial charge on any atom is 0.154 e. The fourth-order valence-corrected chi connectivity index (χ4v) is 3.96. The van der Waals surface area contributed by atoms with Gasteiger partial charge in [-0.25, -0.2) is 0 Å². The molecule has 6 nitrogen and oxygen atoms in total. The molecule has 0 N–H and O–H groups in total. The lowest BCUT2D eigenvalue weighted by molar-refractivity contribution is 0.195. The first-order valence-electron chi connectivity index (χ1n) is 9.88. The van der Waals surface area contributed by atoms with Gasteiger partial charge in [-0.05, 0) is 43.0 Å². The van der Waals surface area contributed by atoms with Crippen LogP contribution in [0.4, 0.5) is 0 Å². The first-order valence-corrected chi connectivity index (χ1v) is 9.88. The van der Waals surface area contributed by atoms with Crippen LogP contribution in [0.5, 0.6) is 0 Å². The number of likely N-dealkylation sites (tertiary alicyclic amines) is 1. The molecule has 1 atom stereocenters. The summed E-state index contributed by atoms with van der Waals surface area (Å²) < 4.78 is 4.05. The molecule has 0 radical (unpaired) electrons. The van der Waals surface area contributed by atoms with Crippen LogP contribution in [0.15, 0.2) is 42.7 Å². The molecule has 0 bridgehead atoms. The minimum absolute atomic E-state index is 0.442. The van der Waals surface area contributed by atoms with Gasteiger partial charge in [-0.3, -0.25) is 9.58 Å². The van der Waals surface area contributed by atoms with E-state index >= 15 is 0 Å². The predicted octanol–water partition coefficient (Wildman–Crippen LogP) is 3.00. The molecule has 6 heteroatoms. The largest absolute Gasteiger partial charge is 0.316 e. The molecule has 1 aromatic carbocycles. The van der Waals surface area contributed by atoms with Crippen LogP contribution in [0.3, 0.4) is 0 Å². The molecule has 142 valence electrons. The van der Waals surface area contributed by atoms with Crippen LogP contribution in [0.1, 0.15) is 48.5 Å². The maximum atomic E-state index is 4.53. The van der Waals surface area contributed by atoms with Crippen molar-refractivity contribution in [2.45, 2.75) is 45.2 Å². The molecule has 0 spiro atoms. The highest BCUT2D eigenvalue weighted by atomic mass is 15.3. The summed E-state index contributed by atoms with van der Waals surface area (Å²) in [5, 5.41) is 13.2. The lowest BCUT2D eigenvalue weighted by atomic mass is 9.96. The Bertz CT molecular complexity index is 849. The lowest BCUT2D eigenvalue weighted by Crippen LogP contribution is -2.34.